The van der Waals surface area contributed by atoms with Gasteiger partial charge in [-0.25, -0.2) is 0 Å². The Hall–Kier alpha value is -2.75. The fourth-order valence-corrected chi connectivity index (χ4v) is 3.65. The van der Waals surface area contributed by atoms with Crippen LogP contribution in [0.3, 0.4) is 0 Å². The van der Waals surface area contributed by atoms with Crippen LogP contribution in [-0.4, -0.2) is 5.78 Å². The summed E-state index contributed by atoms with van der Waals surface area (Å²) in [6.07, 6.45) is 1.76. The number of carbonyl (C=O) groups is 1. The lowest BCUT2D eigenvalue weighted by atomic mass is 10.0. The Labute approximate surface area is 185 Å². The fraction of sp³-hybridized carbons (Fsp3) is 0.160. The fourth-order valence-electron chi connectivity index (χ4n) is 3.19. The number of Topliss-reactive ketones (excluding diaryl/α,β-unsaturated/α-hetero) is 1. The van der Waals surface area contributed by atoms with Crippen molar-refractivity contribution in [3.05, 3.63) is 98.7 Å². The molecule has 4 rings (SSSR count). The van der Waals surface area contributed by atoms with Crippen LogP contribution in [0.2, 0.25) is 10.0 Å². The summed E-state index contributed by atoms with van der Waals surface area (Å²) < 4.78 is 11.6. The van der Waals surface area contributed by atoms with Gasteiger partial charge in [-0.15, -0.1) is 0 Å². The largest absolute Gasteiger partial charge is 0.489 e. The van der Waals surface area contributed by atoms with Crippen molar-refractivity contribution in [3.8, 4) is 11.5 Å². The minimum absolute atomic E-state index is 0.134. The van der Waals surface area contributed by atoms with E-state index in [9.17, 15) is 4.79 Å². The molecule has 3 aromatic carbocycles. The summed E-state index contributed by atoms with van der Waals surface area (Å²) in [6, 6.07) is 18.6. The monoisotopic (exact) mass is 438 g/mol. The molecule has 0 N–H and O–H groups in total. The number of ether oxygens (including phenoxy) is 2. The van der Waals surface area contributed by atoms with Gasteiger partial charge in [0, 0.05) is 21.7 Å². The third-order valence-corrected chi connectivity index (χ3v) is 5.54. The first kappa shape index (κ1) is 20.5. The van der Waals surface area contributed by atoms with Gasteiger partial charge in [-0.1, -0.05) is 67.4 Å². The molecular weight excluding hydrogens is 419 g/mol. The predicted octanol–water partition coefficient (Wildman–Crippen LogP) is 7.31. The van der Waals surface area contributed by atoms with Crippen molar-refractivity contribution in [1.82, 2.24) is 0 Å². The summed E-state index contributed by atoms with van der Waals surface area (Å²) in [5.74, 6) is 1.71. The zero-order chi connectivity index (χ0) is 21.3. The highest BCUT2D eigenvalue weighted by Gasteiger charge is 2.27. The SMILES string of the molecule is CC(C)c1ccc(/C=C2\Oc3cc(OCc4ccc(Cl)cc4Cl)ccc3C2=O)cc1. The average Bonchev–Trinajstić information content (AvgIpc) is 3.02. The molecule has 0 saturated carbocycles. The highest BCUT2D eigenvalue weighted by Crippen LogP contribution is 2.35. The standard InChI is InChI=1S/C25H20Cl2O3/c1-15(2)17-5-3-16(4-6-17)11-24-25(28)21-10-9-20(13-23(21)30-24)29-14-18-7-8-19(26)12-22(18)27/h3-13,15H,14H2,1-2H3/b24-11-. The maximum atomic E-state index is 12.7. The summed E-state index contributed by atoms with van der Waals surface area (Å²) in [5.41, 5.74) is 3.52. The molecule has 1 heterocycles. The lowest BCUT2D eigenvalue weighted by Crippen LogP contribution is -1.98. The van der Waals surface area contributed by atoms with E-state index in [0.717, 1.165) is 11.1 Å². The zero-order valence-electron chi connectivity index (χ0n) is 16.6. The molecule has 3 aromatic rings. The first-order valence-electron chi connectivity index (χ1n) is 9.65. The summed E-state index contributed by atoms with van der Waals surface area (Å²) in [5, 5.41) is 1.12. The second-order valence-electron chi connectivity index (χ2n) is 7.44. The van der Waals surface area contributed by atoms with E-state index in [0.29, 0.717) is 38.8 Å². The van der Waals surface area contributed by atoms with Gasteiger partial charge in [0.05, 0.1) is 5.56 Å². The Morgan fingerprint density at radius 2 is 1.77 bits per heavy atom. The molecule has 5 heteroatoms. The third-order valence-electron chi connectivity index (χ3n) is 4.95. The average molecular weight is 439 g/mol. The van der Waals surface area contributed by atoms with Crippen molar-refractivity contribution in [3.63, 3.8) is 0 Å². The Morgan fingerprint density at radius 3 is 2.47 bits per heavy atom. The third kappa shape index (κ3) is 4.38. The van der Waals surface area contributed by atoms with Crippen molar-refractivity contribution in [2.24, 2.45) is 0 Å². The van der Waals surface area contributed by atoms with Crippen LogP contribution in [0, 0.1) is 0 Å². The van der Waals surface area contributed by atoms with Gasteiger partial charge in [0.25, 0.3) is 0 Å². The number of halogens is 2. The molecule has 1 aliphatic heterocycles. The molecule has 152 valence electrons. The molecule has 0 bridgehead atoms. The number of allylic oxidation sites excluding steroid dienone is 1. The Morgan fingerprint density at radius 1 is 1.00 bits per heavy atom. The molecule has 0 radical (unpaired) electrons. The van der Waals surface area contributed by atoms with Gasteiger partial charge in [0.1, 0.15) is 18.1 Å². The van der Waals surface area contributed by atoms with Crippen molar-refractivity contribution in [2.45, 2.75) is 26.4 Å². The van der Waals surface area contributed by atoms with Gasteiger partial charge in [-0.2, -0.15) is 0 Å². The molecule has 0 aromatic heterocycles. The molecule has 0 aliphatic carbocycles. The van der Waals surface area contributed by atoms with Gasteiger partial charge < -0.3 is 9.47 Å². The molecule has 0 amide bonds. The van der Waals surface area contributed by atoms with Crippen LogP contribution >= 0.6 is 23.2 Å². The maximum Gasteiger partial charge on any atom is 0.231 e. The number of benzene rings is 3. The summed E-state index contributed by atoms with van der Waals surface area (Å²) in [4.78, 5) is 12.7. The Balaban J connectivity index is 1.49. The van der Waals surface area contributed by atoms with E-state index in [-0.39, 0.29) is 12.4 Å². The van der Waals surface area contributed by atoms with E-state index in [1.807, 2.05) is 18.2 Å². The summed E-state index contributed by atoms with van der Waals surface area (Å²) >= 11 is 12.1. The summed E-state index contributed by atoms with van der Waals surface area (Å²) in [6.45, 7) is 4.58. The van der Waals surface area contributed by atoms with Gasteiger partial charge >= 0.3 is 0 Å². The van der Waals surface area contributed by atoms with Gasteiger partial charge in [-0.3, -0.25) is 4.79 Å². The van der Waals surface area contributed by atoms with Crippen LogP contribution in [0.1, 0.15) is 46.8 Å². The van der Waals surface area contributed by atoms with Crippen LogP contribution in [-0.2, 0) is 6.61 Å². The smallest absolute Gasteiger partial charge is 0.231 e. The highest BCUT2D eigenvalue weighted by atomic mass is 35.5. The Kier molecular flexibility index (Phi) is 5.85. The van der Waals surface area contributed by atoms with Crippen molar-refractivity contribution in [1.29, 1.82) is 0 Å². The van der Waals surface area contributed by atoms with Crippen LogP contribution in [0.5, 0.6) is 11.5 Å². The summed E-state index contributed by atoms with van der Waals surface area (Å²) in [7, 11) is 0. The molecule has 0 saturated heterocycles. The minimum Gasteiger partial charge on any atom is -0.489 e. The van der Waals surface area contributed by atoms with Crippen LogP contribution in [0.25, 0.3) is 6.08 Å². The molecule has 0 spiro atoms. The molecule has 1 aliphatic rings. The predicted molar refractivity (Wildman–Crippen MR) is 121 cm³/mol. The van der Waals surface area contributed by atoms with Gasteiger partial charge in [0.2, 0.25) is 5.78 Å². The van der Waals surface area contributed by atoms with E-state index in [1.165, 1.54) is 5.56 Å². The van der Waals surface area contributed by atoms with E-state index in [4.69, 9.17) is 32.7 Å². The molecule has 0 atom stereocenters. The van der Waals surface area contributed by atoms with Crippen molar-refractivity contribution in [2.75, 3.05) is 0 Å². The normalized spacial score (nSPS) is 14.2. The van der Waals surface area contributed by atoms with Gasteiger partial charge in [-0.05, 0) is 47.4 Å². The minimum atomic E-state index is -0.134. The van der Waals surface area contributed by atoms with E-state index >= 15 is 0 Å². The number of carbonyl (C=O) groups excluding carboxylic acids is 1. The van der Waals surface area contributed by atoms with E-state index < -0.39 is 0 Å². The van der Waals surface area contributed by atoms with Gasteiger partial charge in [0.15, 0.2) is 5.76 Å². The lowest BCUT2D eigenvalue weighted by molar-refractivity contribution is 0.101. The molecular formula is C25H20Cl2O3. The highest BCUT2D eigenvalue weighted by molar-refractivity contribution is 6.35. The number of fused-ring (bicyclic) bond motifs is 1. The number of rotatable bonds is 5. The molecule has 0 fully saturated rings. The van der Waals surface area contributed by atoms with Crippen LogP contribution in [0.15, 0.2) is 66.4 Å². The second-order valence-corrected chi connectivity index (χ2v) is 8.29. The molecule has 30 heavy (non-hydrogen) atoms. The Bertz CT molecular complexity index is 1130. The topological polar surface area (TPSA) is 35.5 Å². The number of hydrogen-bond donors (Lipinski definition) is 0. The number of ketones is 1. The molecule has 0 unspecified atom stereocenters. The first-order valence-corrected chi connectivity index (χ1v) is 10.4. The molecule has 3 nitrogen and oxygen atoms in total. The van der Waals surface area contributed by atoms with Crippen LogP contribution < -0.4 is 9.47 Å². The number of hydrogen-bond acceptors (Lipinski definition) is 3. The quantitative estimate of drug-likeness (QED) is 0.391. The van der Waals surface area contributed by atoms with E-state index in [1.54, 1.807) is 36.4 Å². The second kappa shape index (κ2) is 8.55. The lowest BCUT2D eigenvalue weighted by Gasteiger charge is -2.09. The maximum absolute atomic E-state index is 12.7. The zero-order valence-corrected chi connectivity index (χ0v) is 18.1. The van der Waals surface area contributed by atoms with E-state index in [2.05, 4.69) is 26.0 Å². The first-order chi connectivity index (χ1) is 14.4. The van der Waals surface area contributed by atoms with Crippen molar-refractivity contribution < 1.29 is 14.3 Å². The van der Waals surface area contributed by atoms with Crippen molar-refractivity contribution >= 4 is 35.1 Å². The van der Waals surface area contributed by atoms with Crippen LogP contribution in [0.4, 0.5) is 0 Å².